The van der Waals surface area contributed by atoms with Gasteiger partial charge in [0.25, 0.3) is 0 Å². The van der Waals surface area contributed by atoms with E-state index in [1.807, 2.05) is 31.3 Å². The molecule has 0 saturated heterocycles. The lowest BCUT2D eigenvalue weighted by atomic mass is 10.1. The van der Waals surface area contributed by atoms with Crippen LogP contribution in [0.5, 0.6) is 5.75 Å². The number of methoxy groups -OCH3 is 1. The van der Waals surface area contributed by atoms with E-state index >= 15 is 0 Å². The van der Waals surface area contributed by atoms with Gasteiger partial charge in [-0.25, -0.2) is 0 Å². The van der Waals surface area contributed by atoms with Crippen molar-refractivity contribution in [2.75, 3.05) is 40.5 Å². The normalized spacial score (nSPS) is 16.4. The third-order valence-electron chi connectivity index (χ3n) is 3.65. The van der Waals surface area contributed by atoms with E-state index in [-0.39, 0.29) is 0 Å². The Bertz CT molecular complexity index is 406. The van der Waals surface area contributed by atoms with Crippen molar-refractivity contribution in [3.8, 4) is 5.75 Å². The Morgan fingerprint density at radius 3 is 2.80 bits per heavy atom. The Hall–Kier alpha value is -1.10. The summed E-state index contributed by atoms with van der Waals surface area (Å²) in [6.07, 6.45) is 2.10. The summed E-state index contributed by atoms with van der Waals surface area (Å²) in [5, 5.41) is 10.3. The Balaban J connectivity index is 1.72. The third-order valence-corrected chi connectivity index (χ3v) is 3.65. The Labute approximate surface area is 121 Å². The molecule has 1 N–H and O–H groups in total. The summed E-state index contributed by atoms with van der Waals surface area (Å²) in [7, 11) is 3.63. The molecule has 4 nitrogen and oxygen atoms in total. The molecule has 1 fully saturated rings. The van der Waals surface area contributed by atoms with E-state index in [1.54, 1.807) is 7.11 Å². The van der Waals surface area contributed by atoms with Crippen molar-refractivity contribution in [3.05, 3.63) is 29.8 Å². The van der Waals surface area contributed by atoms with Crippen LogP contribution in [0.1, 0.15) is 24.5 Å². The van der Waals surface area contributed by atoms with Crippen molar-refractivity contribution < 1.29 is 14.6 Å². The van der Waals surface area contributed by atoms with Gasteiger partial charge in [-0.2, -0.15) is 0 Å². The topological polar surface area (TPSA) is 41.9 Å². The standard InChI is InChI=1S/C16H25NO3/c1-17(9-10-20-12-13-7-8-13)11-15(18)14-5-3-4-6-16(14)19-2/h3-6,13,15,18H,7-12H2,1-2H3. The van der Waals surface area contributed by atoms with Gasteiger partial charge in [0.05, 0.1) is 19.8 Å². The summed E-state index contributed by atoms with van der Waals surface area (Å²) in [6, 6.07) is 7.60. The number of aliphatic hydroxyl groups is 1. The molecule has 0 aliphatic heterocycles. The molecule has 0 bridgehead atoms. The number of hydrogen-bond donors (Lipinski definition) is 1. The number of likely N-dealkylation sites (N-methyl/N-ethyl adjacent to an activating group) is 1. The largest absolute Gasteiger partial charge is 0.496 e. The van der Waals surface area contributed by atoms with E-state index in [0.717, 1.165) is 37.0 Å². The average molecular weight is 279 g/mol. The molecule has 1 saturated carbocycles. The van der Waals surface area contributed by atoms with Gasteiger partial charge < -0.3 is 19.5 Å². The van der Waals surface area contributed by atoms with Crippen molar-refractivity contribution in [2.24, 2.45) is 5.92 Å². The molecule has 2 rings (SSSR count). The summed E-state index contributed by atoms with van der Waals surface area (Å²) in [5.41, 5.74) is 0.834. The maximum atomic E-state index is 10.3. The van der Waals surface area contributed by atoms with E-state index in [1.165, 1.54) is 12.8 Å². The molecule has 0 heterocycles. The first-order valence-electron chi connectivity index (χ1n) is 7.28. The molecule has 4 heteroatoms. The maximum absolute atomic E-state index is 10.3. The van der Waals surface area contributed by atoms with Crippen LogP contribution in [0.25, 0.3) is 0 Å². The molecule has 1 aliphatic carbocycles. The molecule has 1 aromatic carbocycles. The number of hydrogen-bond acceptors (Lipinski definition) is 4. The highest BCUT2D eigenvalue weighted by Gasteiger charge is 2.21. The van der Waals surface area contributed by atoms with Crippen LogP contribution in [0.3, 0.4) is 0 Å². The summed E-state index contributed by atoms with van der Waals surface area (Å²) in [4.78, 5) is 2.09. The maximum Gasteiger partial charge on any atom is 0.124 e. The second kappa shape index (κ2) is 7.62. The van der Waals surface area contributed by atoms with Crippen LogP contribution < -0.4 is 4.74 Å². The van der Waals surface area contributed by atoms with Gasteiger partial charge in [-0.1, -0.05) is 18.2 Å². The van der Waals surface area contributed by atoms with Crippen molar-refractivity contribution >= 4 is 0 Å². The van der Waals surface area contributed by atoms with Crippen molar-refractivity contribution in [1.82, 2.24) is 4.90 Å². The Morgan fingerprint density at radius 2 is 2.10 bits per heavy atom. The molecule has 112 valence electrons. The minimum Gasteiger partial charge on any atom is -0.496 e. The van der Waals surface area contributed by atoms with Crippen LogP contribution in [-0.2, 0) is 4.74 Å². The number of nitrogens with zero attached hydrogens (tertiary/aromatic N) is 1. The predicted octanol–water partition coefficient (Wildman–Crippen LogP) is 2.09. The highest BCUT2D eigenvalue weighted by atomic mass is 16.5. The highest BCUT2D eigenvalue weighted by molar-refractivity contribution is 5.35. The second-order valence-electron chi connectivity index (χ2n) is 5.54. The summed E-state index contributed by atoms with van der Waals surface area (Å²) in [6.45, 7) is 3.03. The van der Waals surface area contributed by atoms with Gasteiger partial charge in [0.1, 0.15) is 5.75 Å². The van der Waals surface area contributed by atoms with Crippen LogP contribution in [0.4, 0.5) is 0 Å². The van der Waals surface area contributed by atoms with Crippen LogP contribution in [-0.4, -0.2) is 50.5 Å². The van der Waals surface area contributed by atoms with Crippen molar-refractivity contribution in [1.29, 1.82) is 0 Å². The highest BCUT2D eigenvalue weighted by Crippen LogP contribution is 2.28. The zero-order valence-corrected chi connectivity index (χ0v) is 12.4. The third kappa shape index (κ3) is 4.78. The monoisotopic (exact) mass is 279 g/mol. The molecule has 0 radical (unpaired) electrons. The number of para-hydroxylation sites is 1. The van der Waals surface area contributed by atoms with E-state index in [9.17, 15) is 5.11 Å². The van der Waals surface area contributed by atoms with Gasteiger partial charge in [-0.05, 0) is 31.9 Å². The van der Waals surface area contributed by atoms with Crippen molar-refractivity contribution in [3.63, 3.8) is 0 Å². The van der Waals surface area contributed by atoms with Gasteiger partial charge in [-0.15, -0.1) is 0 Å². The molecular formula is C16H25NO3. The zero-order valence-electron chi connectivity index (χ0n) is 12.4. The Morgan fingerprint density at radius 1 is 1.35 bits per heavy atom. The van der Waals surface area contributed by atoms with Crippen LogP contribution in [0.15, 0.2) is 24.3 Å². The molecule has 1 unspecified atom stereocenters. The van der Waals surface area contributed by atoms with Crippen LogP contribution in [0.2, 0.25) is 0 Å². The first-order chi connectivity index (χ1) is 9.70. The van der Waals surface area contributed by atoms with Gasteiger partial charge in [0, 0.05) is 25.3 Å². The fourth-order valence-corrected chi connectivity index (χ4v) is 2.18. The summed E-state index contributed by atoms with van der Waals surface area (Å²) >= 11 is 0. The van der Waals surface area contributed by atoms with Gasteiger partial charge in [0.2, 0.25) is 0 Å². The van der Waals surface area contributed by atoms with Crippen LogP contribution >= 0.6 is 0 Å². The lowest BCUT2D eigenvalue weighted by molar-refractivity contribution is 0.0786. The van der Waals surface area contributed by atoms with Crippen molar-refractivity contribution in [2.45, 2.75) is 18.9 Å². The van der Waals surface area contributed by atoms with Crippen LogP contribution in [0, 0.1) is 5.92 Å². The van der Waals surface area contributed by atoms with Gasteiger partial charge in [0.15, 0.2) is 0 Å². The zero-order chi connectivity index (χ0) is 14.4. The molecule has 1 aliphatic rings. The van der Waals surface area contributed by atoms with E-state index in [0.29, 0.717) is 6.54 Å². The fraction of sp³-hybridized carbons (Fsp3) is 0.625. The second-order valence-corrected chi connectivity index (χ2v) is 5.54. The minimum absolute atomic E-state index is 0.542. The number of aliphatic hydroxyl groups excluding tert-OH is 1. The molecule has 0 aromatic heterocycles. The molecule has 0 spiro atoms. The fourth-order valence-electron chi connectivity index (χ4n) is 2.18. The van der Waals surface area contributed by atoms with E-state index in [2.05, 4.69) is 4.90 Å². The van der Waals surface area contributed by atoms with E-state index in [4.69, 9.17) is 9.47 Å². The lowest BCUT2D eigenvalue weighted by Crippen LogP contribution is -2.28. The summed E-state index contributed by atoms with van der Waals surface area (Å²) in [5.74, 6) is 1.54. The molecule has 1 atom stereocenters. The van der Waals surface area contributed by atoms with Gasteiger partial charge >= 0.3 is 0 Å². The predicted molar refractivity (Wildman–Crippen MR) is 79.0 cm³/mol. The average Bonchev–Trinajstić information content (AvgIpc) is 3.27. The summed E-state index contributed by atoms with van der Waals surface area (Å²) < 4.78 is 10.9. The Kier molecular flexibility index (Phi) is 5.83. The number of ether oxygens (including phenoxy) is 2. The number of rotatable bonds is 9. The first-order valence-corrected chi connectivity index (χ1v) is 7.28. The number of benzene rings is 1. The minimum atomic E-state index is -0.542. The molecule has 1 aromatic rings. The van der Waals surface area contributed by atoms with E-state index < -0.39 is 6.10 Å². The quantitative estimate of drug-likeness (QED) is 0.703. The molecule has 20 heavy (non-hydrogen) atoms. The smallest absolute Gasteiger partial charge is 0.124 e. The lowest BCUT2D eigenvalue weighted by Gasteiger charge is -2.22. The first kappa shape index (κ1) is 15.3. The molecular weight excluding hydrogens is 254 g/mol. The van der Waals surface area contributed by atoms with Gasteiger partial charge in [-0.3, -0.25) is 0 Å². The molecule has 0 amide bonds. The SMILES string of the molecule is COc1ccccc1C(O)CN(C)CCOCC1CC1.